The Balaban J connectivity index is 1.45. The highest BCUT2D eigenvalue weighted by Crippen LogP contribution is 2.29. The molecule has 3 aromatic rings. The van der Waals surface area contributed by atoms with Gasteiger partial charge in [-0.1, -0.05) is 18.2 Å². The molecule has 2 aliphatic rings. The van der Waals surface area contributed by atoms with E-state index in [1.807, 2.05) is 36.4 Å². The molecule has 1 amide bonds. The number of carbonyl (C=O) groups is 1. The van der Waals surface area contributed by atoms with Gasteiger partial charge < -0.3 is 14.6 Å². The van der Waals surface area contributed by atoms with Crippen LogP contribution in [0.2, 0.25) is 0 Å². The lowest BCUT2D eigenvalue weighted by molar-refractivity contribution is -0.919. The summed E-state index contributed by atoms with van der Waals surface area (Å²) >= 11 is 0. The van der Waals surface area contributed by atoms with Crippen LogP contribution >= 0.6 is 0 Å². The van der Waals surface area contributed by atoms with Gasteiger partial charge in [-0.05, 0) is 49.4 Å². The number of pyridine rings is 1. The van der Waals surface area contributed by atoms with Crippen LogP contribution in [-0.2, 0) is 12.8 Å². The van der Waals surface area contributed by atoms with Crippen LogP contribution in [0.1, 0.15) is 59.1 Å². The summed E-state index contributed by atoms with van der Waals surface area (Å²) in [5.41, 5.74) is 4.01. The zero-order chi connectivity index (χ0) is 19.6. The van der Waals surface area contributed by atoms with Gasteiger partial charge in [0.25, 0.3) is 5.91 Å². The predicted octanol–water partition coefficient (Wildman–Crippen LogP) is 2.86. The standard InChI is InChI=1S/C24H27N3O2/c28-24(25-16-21(22-12-7-15-29-22)27-13-5-6-14-27)23-17-8-1-3-10-19(17)26-20-11-4-2-9-18(20)23/h1,3,7-8,10,12,15,21H,2,4-6,9,11,13-14,16H2,(H,25,28)/p+1/t21-/m1/s1. The van der Waals surface area contributed by atoms with Crippen LogP contribution in [0, 0.1) is 0 Å². The van der Waals surface area contributed by atoms with Crippen LogP contribution in [0.25, 0.3) is 10.9 Å². The van der Waals surface area contributed by atoms with Crippen LogP contribution in [-0.4, -0.2) is 30.5 Å². The number of hydrogen-bond acceptors (Lipinski definition) is 3. The van der Waals surface area contributed by atoms with Crippen molar-refractivity contribution in [3.05, 3.63) is 65.2 Å². The van der Waals surface area contributed by atoms with Crippen LogP contribution in [0.4, 0.5) is 0 Å². The van der Waals surface area contributed by atoms with E-state index in [0.29, 0.717) is 6.54 Å². The predicted molar refractivity (Wildman–Crippen MR) is 112 cm³/mol. The number of carbonyl (C=O) groups excluding carboxylic acids is 1. The number of aryl methyl sites for hydroxylation is 1. The maximum Gasteiger partial charge on any atom is 0.252 e. The third-order valence-electron chi connectivity index (χ3n) is 6.49. The summed E-state index contributed by atoms with van der Waals surface area (Å²) in [5.74, 6) is 0.987. The lowest BCUT2D eigenvalue weighted by Crippen LogP contribution is -3.11. The van der Waals surface area contributed by atoms with Gasteiger partial charge >= 0.3 is 0 Å². The van der Waals surface area contributed by atoms with Gasteiger partial charge in [0.2, 0.25) is 0 Å². The Labute approximate surface area is 171 Å². The molecule has 2 aromatic heterocycles. The molecule has 150 valence electrons. The number of nitrogens with one attached hydrogen (secondary N) is 2. The fourth-order valence-electron chi connectivity index (χ4n) is 5.03. The van der Waals surface area contributed by atoms with E-state index in [2.05, 4.69) is 5.32 Å². The van der Waals surface area contributed by atoms with Crippen LogP contribution in [0.3, 0.4) is 0 Å². The van der Waals surface area contributed by atoms with Crippen molar-refractivity contribution in [2.75, 3.05) is 19.6 Å². The summed E-state index contributed by atoms with van der Waals surface area (Å²) in [4.78, 5) is 19.8. The van der Waals surface area contributed by atoms with E-state index in [9.17, 15) is 4.79 Å². The first-order chi connectivity index (χ1) is 14.3. The van der Waals surface area contributed by atoms with Gasteiger partial charge in [-0.2, -0.15) is 0 Å². The fraction of sp³-hybridized carbons (Fsp3) is 0.417. The third kappa shape index (κ3) is 3.55. The number of nitrogens with zero attached hydrogens (tertiary/aromatic N) is 1. The number of fused-ring (bicyclic) bond motifs is 2. The SMILES string of the molecule is O=C(NC[C@H](c1ccco1)[NH+]1CCCC1)c1c2c(nc3ccccc13)CCCC2. The van der Waals surface area contributed by atoms with E-state index >= 15 is 0 Å². The van der Waals surface area contributed by atoms with Gasteiger partial charge in [0.1, 0.15) is 0 Å². The number of amides is 1. The molecule has 1 aromatic carbocycles. The topological polar surface area (TPSA) is 59.6 Å². The zero-order valence-electron chi connectivity index (χ0n) is 16.7. The van der Waals surface area contributed by atoms with Crippen molar-refractivity contribution < 1.29 is 14.1 Å². The average Bonchev–Trinajstić information content (AvgIpc) is 3.47. The first kappa shape index (κ1) is 18.4. The molecule has 1 aliphatic carbocycles. The van der Waals surface area contributed by atoms with Crippen LogP contribution in [0.15, 0.2) is 47.1 Å². The number of para-hydroxylation sites is 1. The molecular weight excluding hydrogens is 362 g/mol. The molecular formula is C24H28N3O2+. The van der Waals surface area contributed by atoms with Crippen molar-refractivity contribution in [3.63, 3.8) is 0 Å². The van der Waals surface area contributed by atoms with E-state index in [1.165, 1.54) is 17.7 Å². The maximum atomic E-state index is 13.4. The first-order valence-electron chi connectivity index (χ1n) is 10.9. The minimum absolute atomic E-state index is 0.0249. The molecule has 5 nitrogen and oxygen atoms in total. The summed E-state index contributed by atoms with van der Waals surface area (Å²) < 4.78 is 5.72. The monoisotopic (exact) mass is 390 g/mol. The largest absolute Gasteiger partial charge is 0.463 e. The van der Waals surface area contributed by atoms with Gasteiger partial charge in [-0.15, -0.1) is 0 Å². The van der Waals surface area contributed by atoms with Crippen molar-refractivity contribution in [2.45, 2.75) is 44.6 Å². The summed E-state index contributed by atoms with van der Waals surface area (Å²) in [5, 5.41) is 4.23. The molecule has 0 bridgehead atoms. The van der Waals surface area contributed by atoms with E-state index in [-0.39, 0.29) is 11.9 Å². The number of hydrogen-bond donors (Lipinski definition) is 2. The molecule has 3 heterocycles. The van der Waals surface area contributed by atoms with Crippen molar-refractivity contribution >= 4 is 16.8 Å². The maximum absolute atomic E-state index is 13.4. The molecule has 2 N–H and O–H groups in total. The molecule has 0 unspecified atom stereocenters. The highest BCUT2D eigenvalue weighted by Gasteiger charge is 2.30. The van der Waals surface area contributed by atoms with Gasteiger partial charge in [0.15, 0.2) is 11.8 Å². The molecule has 5 heteroatoms. The summed E-state index contributed by atoms with van der Waals surface area (Å²) in [6.45, 7) is 2.86. The van der Waals surface area contributed by atoms with E-state index in [0.717, 1.165) is 72.3 Å². The van der Waals surface area contributed by atoms with Gasteiger partial charge in [-0.3, -0.25) is 9.78 Å². The first-order valence-corrected chi connectivity index (χ1v) is 10.9. The Morgan fingerprint density at radius 2 is 1.90 bits per heavy atom. The number of benzene rings is 1. The molecule has 1 fully saturated rings. The van der Waals surface area contributed by atoms with Gasteiger partial charge in [0, 0.05) is 23.9 Å². The molecule has 1 aliphatic heterocycles. The summed E-state index contributed by atoms with van der Waals surface area (Å²) in [6.07, 6.45) is 8.39. The second-order valence-electron chi connectivity index (χ2n) is 8.28. The number of rotatable bonds is 5. The van der Waals surface area contributed by atoms with E-state index in [1.54, 1.807) is 6.26 Å². The number of aromatic nitrogens is 1. The smallest absolute Gasteiger partial charge is 0.252 e. The lowest BCUT2D eigenvalue weighted by Gasteiger charge is -2.24. The summed E-state index contributed by atoms with van der Waals surface area (Å²) in [7, 11) is 0. The zero-order valence-corrected chi connectivity index (χ0v) is 16.7. The van der Waals surface area contributed by atoms with Crippen molar-refractivity contribution in [2.24, 2.45) is 0 Å². The van der Waals surface area contributed by atoms with Crippen molar-refractivity contribution in [3.8, 4) is 0 Å². The molecule has 0 saturated carbocycles. The fourth-order valence-corrected chi connectivity index (χ4v) is 5.03. The Bertz CT molecular complexity index is 1010. The normalized spacial score (nSPS) is 17.9. The number of likely N-dealkylation sites (tertiary alicyclic amines) is 1. The quantitative estimate of drug-likeness (QED) is 0.704. The Kier molecular flexibility index (Phi) is 5.06. The number of quaternary nitrogens is 1. The van der Waals surface area contributed by atoms with Crippen LogP contribution < -0.4 is 10.2 Å². The molecule has 0 spiro atoms. The van der Waals surface area contributed by atoms with Gasteiger partial charge in [-0.25, -0.2) is 0 Å². The van der Waals surface area contributed by atoms with Crippen LogP contribution in [0.5, 0.6) is 0 Å². The molecule has 1 atom stereocenters. The Hall–Kier alpha value is -2.66. The Morgan fingerprint density at radius 1 is 1.07 bits per heavy atom. The lowest BCUT2D eigenvalue weighted by atomic mass is 9.89. The van der Waals surface area contributed by atoms with Crippen molar-refractivity contribution in [1.29, 1.82) is 0 Å². The summed E-state index contributed by atoms with van der Waals surface area (Å²) in [6, 6.07) is 12.2. The molecule has 0 radical (unpaired) electrons. The second-order valence-corrected chi connectivity index (χ2v) is 8.28. The average molecular weight is 391 g/mol. The molecule has 1 saturated heterocycles. The van der Waals surface area contributed by atoms with E-state index in [4.69, 9.17) is 9.40 Å². The number of furan rings is 1. The third-order valence-corrected chi connectivity index (χ3v) is 6.49. The highest BCUT2D eigenvalue weighted by atomic mass is 16.3. The minimum Gasteiger partial charge on any atom is -0.463 e. The minimum atomic E-state index is 0.0249. The van der Waals surface area contributed by atoms with E-state index < -0.39 is 0 Å². The molecule has 5 rings (SSSR count). The molecule has 29 heavy (non-hydrogen) atoms. The van der Waals surface area contributed by atoms with Gasteiger partial charge in [0.05, 0.1) is 37.0 Å². The van der Waals surface area contributed by atoms with Crippen molar-refractivity contribution in [1.82, 2.24) is 10.3 Å². The highest BCUT2D eigenvalue weighted by molar-refractivity contribution is 6.07. The Morgan fingerprint density at radius 3 is 2.72 bits per heavy atom. The second kappa shape index (κ2) is 7.99.